The third-order valence-corrected chi connectivity index (χ3v) is 5.42. The lowest BCUT2D eigenvalue weighted by Gasteiger charge is -2.23. The minimum Gasteiger partial charge on any atom is -0.325 e. The second-order valence-corrected chi connectivity index (χ2v) is 7.24. The lowest BCUT2D eigenvalue weighted by atomic mass is 10.3. The molecule has 1 amide bonds. The van der Waals surface area contributed by atoms with E-state index in [1.54, 1.807) is 23.1 Å². The Balaban J connectivity index is 1.99. The van der Waals surface area contributed by atoms with E-state index in [1.165, 1.54) is 9.75 Å². The molecule has 0 radical (unpaired) electrons. The molecule has 100 valence electrons. The van der Waals surface area contributed by atoms with Crippen molar-refractivity contribution in [1.82, 2.24) is 9.80 Å². The van der Waals surface area contributed by atoms with Gasteiger partial charge in [-0.1, -0.05) is 0 Å². The fourth-order valence-corrected chi connectivity index (χ4v) is 4.41. The number of hydrogen-bond acceptors (Lipinski definition) is 4. The first-order valence-corrected chi connectivity index (χ1v) is 8.06. The molecule has 18 heavy (non-hydrogen) atoms. The fraction of sp³-hybridized carbons (Fsp3) is 0.615. The quantitative estimate of drug-likeness (QED) is 0.830. The van der Waals surface area contributed by atoms with Gasteiger partial charge in [0.1, 0.15) is 5.37 Å². The summed E-state index contributed by atoms with van der Waals surface area (Å²) in [7, 11) is 4.14. The molecule has 1 aromatic rings. The van der Waals surface area contributed by atoms with Gasteiger partial charge < -0.3 is 9.80 Å². The topological polar surface area (TPSA) is 23.6 Å². The predicted octanol–water partition coefficient (Wildman–Crippen LogP) is 2.58. The summed E-state index contributed by atoms with van der Waals surface area (Å²) in [5.74, 6) is 0.915. The van der Waals surface area contributed by atoms with Crippen LogP contribution in [0.2, 0.25) is 0 Å². The largest absolute Gasteiger partial charge is 0.325 e. The first-order chi connectivity index (χ1) is 8.58. The molecule has 1 saturated heterocycles. The van der Waals surface area contributed by atoms with Crippen molar-refractivity contribution >= 4 is 29.0 Å². The van der Waals surface area contributed by atoms with Gasteiger partial charge in [-0.15, -0.1) is 23.1 Å². The molecule has 1 aromatic heterocycles. The number of thioether (sulfide) groups is 1. The van der Waals surface area contributed by atoms with Crippen molar-refractivity contribution in [3.8, 4) is 0 Å². The van der Waals surface area contributed by atoms with Crippen molar-refractivity contribution < 1.29 is 4.79 Å². The van der Waals surface area contributed by atoms with Crippen LogP contribution in [0.5, 0.6) is 0 Å². The summed E-state index contributed by atoms with van der Waals surface area (Å²) in [5, 5.41) is 0.248. The Kier molecular flexibility index (Phi) is 4.70. The van der Waals surface area contributed by atoms with Crippen LogP contribution in [0.15, 0.2) is 12.1 Å². The zero-order valence-electron chi connectivity index (χ0n) is 11.2. The first-order valence-electron chi connectivity index (χ1n) is 6.20. The fourth-order valence-electron chi connectivity index (χ4n) is 2.07. The molecular weight excluding hydrogens is 264 g/mol. The molecule has 1 fully saturated rings. The predicted molar refractivity (Wildman–Crippen MR) is 79.1 cm³/mol. The smallest absolute Gasteiger partial charge is 0.233 e. The van der Waals surface area contributed by atoms with Crippen molar-refractivity contribution in [2.24, 2.45) is 0 Å². The van der Waals surface area contributed by atoms with Gasteiger partial charge in [0.15, 0.2) is 0 Å². The van der Waals surface area contributed by atoms with Crippen LogP contribution in [0.1, 0.15) is 21.5 Å². The highest BCUT2D eigenvalue weighted by Gasteiger charge is 2.33. The molecular formula is C13H20N2OS2. The number of hydrogen-bond donors (Lipinski definition) is 0. The zero-order chi connectivity index (χ0) is 13.1. The number of thiophene rings is 1. The molecule has 1 atom stereocenters. The molecule has 3 nitrogen and oxygen atoms in total. The molecule has 1 aliphatic rings. The van der Waals surface area contributed by atoms with Crippen molar-refractivity contribution in [2.45, 2.75) is 18.7 Å². The molecule has 0 spiro atoms. The van der Waals surface area contributed by atoms with Crippen LogP contribution in [0.3, 0.4) is 0 Å². The Morgan fingerprint density at radius 2 is 2.22 bits per heavy atom. The number of rotatable bonds is 5. The molecule has 0 bridgehead atoms. The number of amides is 1. The number of carbonyl (C=O) groups is 1. The zero-order valence-corrected chi connectivity index (χ0v) is 12.8. The van der Waals surface area contributed by atoms with E-state index in [4.69, 9.17) is 0 Å². The van der Waals surface area contributed by atoms with E-state index in [1.807, 2.05) is 4.90 Å². The Morgan fingerprint density at radius 3 is 2.83 bits per heavy atom. The average molecular weight is 284 g/mol. The summed E-state index contributed by atoms with van der Waals surface area (Å²) < 4.78 is 0. The Bertz CT molecular complexity index is 417. The van der Waals surface area contributed by atoms with Gasteiger partial charge in [0.25, 0.3) is 0 Å². The van der Waals surface area contributed by atoms with E-state index in [0.717, 1.165) is 19.5 Å². The van der Waals surface area contributed by atoms with E-state index in [2.05, 4.69) is 38.1 Å². The van der Waals surface area contributed by atoms with Crippen LogP contribution in [0.25, 0.3) is 0 Å². The lowest BCUT2D eigenvalue weighted by molar-refractivity contribution is -0.128. The minimum atomic E-state index is 0.248. The van der Waals surface area contributed by atoms with E-state index < -0.39 is 0 Å². The molecule has 0 aromatic carbocycles. The number of aryl methyl sites for hydroxylation is 1. The van der Waals surface area contributed by atoms with Crippen LogP contribution >= 0.6 is 23.1 Å². The molecule has 2 heterocycles. The molecule has 0 N–H and O–H groups in total. The van der Waals surface area contributed by atoms with Gasteiger partial charge in [-0.3, -0.25) is 4.79 Å². The Hall–Kier alpha value is -0.520. The molecule has 0 saturated carbocycles. The van der Waals surface area contributed by atoms with Crippen molar-refractivity contribution in [2.75, 3.05) is 32.9 Å². The maximum atomic E-state index is 11.9. The van der Waals surface area contributed by atoms with Crippen molar-refractivity contribution in [3.63, 3.8) is 0 Å². The van der Waals surface area contributed by atoms with Gasteiger partial charge in [0.2, 0.25) is 5.91 Å². The molecule has 2 rings (SSSR count). The Labute approximate surface area is 117 Å². The molecule has 1 unspecified atom stereocenters. The standard InChI is InChI=1S/C13H20N2OS2/c1-10-5-6-11(18-10)13-15(12(16)9-17-13)8-4-7-14(2)3/h5-6,13H,4,7-9H2,1-3H3. The summed E-state index contributed by atoms with van der Waals surface area (Å²) in [6.45, 7) is 4.02. The summed E-state index contributed by atoms with van der Waals surface area (Å²) in [5.41, 5.74) is 0. The maximum absolute atomic E-state index is 11.9. The SMILES string of the molecule is Cc1ccc(C2SCC(=O)N2CCCN(C)C)s1. The third kappa shape index (κ3) is 3.28. The second-order valence-electron chi connectivity index (χ2n) is 4.86. The van der Waals surface area contributed by atoms with E-state index >= 15 is 0 Å². The van der Waals surface area contributed by atoms with Gasteiger partial charge in [-0.25, -0.2) is 0 Å². The summed E-state index contributed by atoms with van der Waals surface area (Å²) in [4.78, 5) is 18.8. The maximum Gasteiger partial charge on any atom is 0.233 e. The van der Waals surface area contributed by atoms with Crippen molar-refractivity contribution in [1.29, 1.82) is 0 Å². The van der Waals surface area contributed by atoms with E-state index in [0.29, 0.717) is 5.75 Å². The van der Waals surface area contributed by atoms with E-state index in [-0.39, 0.29) is 11.3 Å². The highest BCUT2D eigenvalue weighted by Crippen LogP contribution is 2.41. The summed E-state index contributed by atoms with van der Waals surface area (Å²) in [6.07, 6.45) is 1.04. The number of carbonyl (C=O) groups excluding carboxylic acids is 1. The van der Waals surface area contributed by atoms with Crippen LogP contribution in [-0.2, 0) is 4.79 Å². The highest BCUT2D eigenvalue weighted by atomic mass is 32.2. The Morgan fingerprint density at radius 1 is 1.44 bits per heavy atom. The average Bonchev–Trinajstić information content (AvgIpc) is 2.86. The van der Waals surface area contributed by atoms with Gasteiger partial charge in [0, 0.05) is 16.3 Å². The first kappa shape index (κ1) is 13.9. The van der Waals surface area contributed by atoms with E-state index in [9.17, 15) is 4.79 Å². The lowest BCUT2D eigenvalue weighted by Crippen LogP contribution is -2.30. The van der Waals surface area contributed by atoms with Crippen LogP contribution in [0, 0.1) is 6.92 Å². The number of nitrogens with zero attached hydrogens (tertiary/aromatic N) is 2. The normalized spacial score (nSPS) is 20.1. The molecule has 1 aliphatic heterocycles. The molecule has 0 aliphatic carbocycles. The van der Waals surface area contributed by atoms with Gasteiger partial charge >= 0.3 is 0 Å². The van der Waals surface area contributed by atoms with Crippen LogP contribution in [0.4, 0.5) is 0 Å². The molecule has 5 heteroatoms. The second kappa shape index (κ2) is 6.08. The monoisotopic (exact) mass is 284 g/mol. The van der Waals surface area contributed by atoms with Crippen molar-refractivity contribution in [3.05, 3.63) is 21.9 Å². The summed E-state index contributed by atoms with van der Waals surface area (Å²) >= 11 is 3.56. The third-order valence-electron chi connectivity index (χ3n) is 2.98. The van der Waals surface area contributed by atoms with Gasteiger partial charge in [0.05, 0.1) is 5.75 Å². The summed E-state index contributed by atoms with van der Waals surface area (Å²) in [6, 6.07) is 4.30. The minimum absolute atomic E-state index is 0.248. The van der Waals surface area contributed by atoms with Crippen LogP contribution < -0.4 is 0 Å². The van der Waals surface area contributed by atoms with Gasteiger partial charge in [-0.2, -0.15) is 0 Å². The highest BCUT2D eigenvalue weighted by molar-refractivity contribution is 8.00. The van der Waals surface area contributed by atoms with Crippen LogP contribution in [-0.4, -0.2) is 48.6 Å². The van der Waals surface area contributed by atoms with Gasteiger partial charge in [-0.05, 0) is 46.1 Å².